The Kier molecular flexibility index (Phi) is 4.63. The highest BCUT2D eigenvalue weighted by Crippen LogP contribution is 2.24. The van der Waals surface area contributed by atoms with E-state index in [9.17, 15) is 4.79 Å². The molecule has 3 rings (SSSR count). The summed E-state index contributed by atoms with van der Waals surface area (Å²) in [5, 5.41) is 6.28. The molecule has 0 radical (unpaired) electrons. The number of hydrogen-bond donors (Lipinski definition) is 1. The lowest BCUT2D eigenvalue weighted by molar-refractivity contribution is 0.184. The van der Waals surface area contributed by atoms with Gasteiger partial charge in [0.05, 0.1) is 0 Å². The SMILES string of the molecule is CC1CCC(NC(=O)N2CCN(c3nccs3)CC2)CC1. The van der Waals surface area contributed by atoms with E-state index in [0.717, 1.165) is 50.1 Å². The summed E-state index contributed by atoms with van der Waals surface area (Å²) in [4.78, 5) is 20.9. The first kappa shape index (κ1) is 14.6. The second-order valence-corrected chi connectivity index (χ2v) is 7.07. The lowest BCUT2D eigenvalue weighted by atomic mass is 9.87. The Morgan fingerprint density at radius 2 is 1.95 bits per heavy atom. The van der Waals surface area contributed by atoms with Crippen molar-refractivity contribution in [1.82, 2.24) is 15.2 Å². The molecule has 1 aliphatic heterocycles. The van der Waals surface area contributed by atoms with Crippen LogP contribution in [0.1, 0.15) is 32.6 Å². The van der Waals surface area contributed by atoms with Gasteiger partial charge in [-0.05, 0) is 31.6 Å². The van der Waals surface area contributed by atoms with Gasteiger partial charge in [-0.1, -0.05) is 6.92 Å². The van der Waals surface area contributed by atoms with E-state index in [4.69, 9.17) is 0 Å². The molecule has 5 nitrogen and oxygen atoms in total. The number of aromatic nitrogens is 1. The first-order valence-electron chi connectivity index (χ1n) is 7.92. The predicted octanol–water partition coefficient (Wildman–Crippen LogP) is 2.55. The molecule has 1 N–H and O–H groups in total. The first-order chi connectivity index (χ1) is 10.2. The second-order valence-electron chi connectivity index (χ2n) is 6.20. The molecule has 0 aromatic carbocycles. The van der Waals surface area contributed by atoms with Gasteiger partial charge < -0.3 is 15.1 Å². The number of urea groups is 1. The van der Waals surface area contributed by atoms with Crippen LogP contribution in [0.15, 0.2) is 11.6 Å². The van der Waals surface area contributed by atoms with Gasteiger partial charge >= 0.3 is 6.03 Å². The van der Waals surface area contributed by atoms with Crippen LogP contribution >= 0.6 is 11.3 Å². The van der Waals surface area contributed by atoms with Crippen molar-refractivity contribution in [2.45, 2.75) is 38.6 Å². The van der Waals surface area contributed by atoms with E-state index in [1.54, 1.807) is 11.3 Å². The Balaban J connectivity index is 1.44. The van der Waals surface area contributed by atoms with Gasteiger partial charge in [0.2, 0.25) is 0 Å². The Morgan fingerprint density at radius 3 is 2.57 bits per heavy atom. The number of thiazole rings is 1. The van der Waals surface area contributed by atoms with E-state index in [2.05, 4.69) is 22.1 Å². The molecule has 2 aliphatic rings. The molecule has 0 atom stereocenters. The average molecular weight is 308 g/mol. The third kappa shape index (κ3) is 3.67. The molecule has 1 saturated carbocycles. The van der Waals surface area contributed by atoms with Crippen LogP contribution in [0.3, 0.4) is 0 Å². The maximum Gasteiger partial charge on any atom is 0.317 e. The van der Waals surface area contributed by atoms with Crippen molar-refractivity contribution in [3.05, 3.63) is 11.6 Å². The van der Waals surface area contributed by atoms with Crippen molar-refractivity contribution in [2.24, 2.45) is 5.92 Å². The van der Waals surface area contributed by atoms with Gasteiger partial charge in [-0.3, -0.25) is 0 Å². The number of anilines is 1. The van der Waals surface area contributed by atoms with Crippen LogP contribution in [0.4, 0.5) is 9.93 Å². The Bertz CT molecular complexity index is 448. The number of carbonyl (C=O) groups is 1. The maximum atomic E-state index is 12.3. The summed E-state index contributed by atoms with van der Waals surface area (Å²) >= 11 is 1.66. The molecule has 0 spiro atoms. The predicted molar refractivity (Wildman–Crippen MR) is 85.9 cm³/mol. The van der Waals surface area contributed by atoms with E-state index in [0.29, 0.717) is 6.04 Å². The topological polar surface area (TPSA) is 48.5 Å². The maximum absolute atomic E-state index is 12.3. The monoisotopic (exact) mass is 308 g/mol. The summed E-state index contributed by atoms with van der Waals surface area (Å²) in [7, 11) is 0. The number of rotatable bonds is 2. The third-order valence-corrected chi connectivity index (χ3v) is 5.43. The fourth-order valence-electron chi connectivity index (χ4n) is 3.14. The molecular weight excluding hydrogens is 284 g/mol. The molecule has 21 heavy (non-hydrogen) atoms. The smallest absolute Gasteiger partial charge is 0.317 e. The molecule has 2 amide bonds. The minimum atomic E-state index is 0.119. The molecule has 1 saturated heterocycles. The normalized spacial score (nSPS) is 26.7. The van der Waals surface area contributed by atoms with Crippen molar-refractivity contribution in [1.29, 1.82) is 0 Å². The van der Waals surface area contributed by atoms with Crippen LogP contribution < -0.4 is 10.2 Å². The van der Waals surface area contributed by atoms with Crippen LogP contribution in [-0.2, 0) is 0 Å². The number of piperazine rings is 1. The van der Waals surface area contributed by atoms with Crippen molar-refractivity contribution in [3.63, 3.8) is 0 Å². The molecule has 1 aliphatic carbocycles. The highest BCUT2D eigenvalue weighted by molar-refractivity contribution is 7.13. The molecule has 0 unspecified atom stereocenters. The summed E-state index contributed by atoms with van der Waals surface area (Å²) in [6.07, 6.45) is 6.58. The Morgan fingerprint density at radius 1 is 1.24 bits per heavy atom. The van der Waals surface area contributed by atoms with Gasteiger partial charge in [-0.25, -0.2) is 9.78 Å². The summed E-state index contributed by atoms with van der Waals surface area (Å²) in [5.41, 5.74) is 0. The third-order valence-electron chi connectivity index (χ3n) is 4.60. The summed E-state index contributed by atoms with van der Waals surface area (Å²) in [5.74, 6) is 0.819. The highest BCUT2D eigenvalue weighted by atomic mass is 32.1. The summed E-state index contributed by atoms with van der Waals surface area (Å²) < 4.78 is 0. The van der Waals surface area contributed by atoms with E-state index in [1.165, 1.54) is 12.8 Å². The zero-order chi connectivity index (χ0) is 14.7. The lowest BCUT2D eigenvalue weighted by Gasteiger charge is -2.36. The largest absolute Gasteiger partial charge is 0.345 e. The zero-order valence-corrected chi connectivity index (χ0v) is 13.4. The Hall–Kier alpha value is -1.30. The van der Waals surface area contributed by atoms with Crippen LogP contribution in [0.5, 0.6) is 0 Å². The first-order valence-corrected chi connectivity index (χ1v) is 8.80. The van der Waals surface area contributed by atoms with Crippen molar-refractivity contribution < 1.29 is 4.79 Å². The Labute approximate surface area is 130 Å². The molecule has 2 heterocycles. The average Bonchev–Trinajstić information content (AvgIpc) is 3.04. The van der Waals surface area contributed by atoms with E-state index in [1.807, 2.05) is 16.5 Å². The minimum Gasteiger partial charge on any atom is -0.345 e. The van der Waals surface area contributed by atoms with Gasteiger partial charge in [-0.2, -0.15) is 0 Å². The van der Waals surface area contributed by atoms with Gasteiger partial charge in [-0.15, -0.1) is 11.3 Å². The molecule has 0 bridgehead atoms. The fraction of sp³-hybridized carbons (Fsp3) is 0.733. The van der Waals surface area contributed by atoms with E-state index in [-0.39, 0.29) is 6.03 Å². The van der Waals surface area contributed by atoms with Crippen molar-refractivity contribution in [3.8, 4) is 0 Å². The second kappa shape index (κ2) is 6.64. The zero-order valence-electron chi connectivity index (χ0n) is 12.6. The molecule has 2 fully saturated rings. The van der Waals surface area contributed by atoms with E-state index >= 15 is 0 Å². The lowest BCUT2D eigenvalue weighted by Crippen LogP contribution is -2.53. The summed E-state index contributed by atoms with van der Waals surface area (Å²) in [6.45, 7) is 5.63. The van der Waals surface area contributed by atoms with Gasteiger partial charge in [0.25, 0.3) is 0 Å². The summed E-state index contributed by atoms with van der Waals surface area (Å²) in [6, 6.07) is 0.499. The molecule has 6 heteroatoms. The number of nitrogens with zero attached hydrogens (tertiary/aromatic N) is 3. The van der Waals surface area contributed by atoms with Gasteiger partial charge in [0, 0.05) is 43.8 Å². The minimum absolute atomic E-state index is 0.119. The van der Waals surface area contributed by atoms with Crippen LogP contribution in [0, 0.1) is 5.92 Å². The van der Waals surface area contributed by atoms with Crippen LogP contribution in [-0.4, -0.2) is 48.1 Å². The van der Waals surface area contributed by atoms with Crippen molar-refractivity contribution in [2.75, 3.05) is 31.1 Å². The molecule has 116 valence electrons. The number of carbonyl (C=O) groups excluding carboxylic acids is 1. The van der Waals surface area contributed by atoms with Crippen LogP contribution in [0.2, 0.25) is 0 Å². The number of nitrogens with one attached hydrogen (secondary N) is 1. The molecular formula is C15H24N4OS. The highest BCUT2D eigenvalue weighted by Gasteiger charge is 2.25. The molecule has 1 aromatic rings. The fourth-order valence-corrected chi connectivity index (χ4v) is 3.84. The molecule has 1 aromatic heterocycles. The number of amides is 2. The van der Waals surface area contributed by atoms with E-state index < -0.39 is 0 Å². The van der Waals surface area contributed by atoms with Gasteiger partial charge in [0.1, 0.15) is 0 Å². The van der Waals surface area contributed by atoms with Crippen LogP contribution in [0.25, 0.3) is 0 Å². The number of hydrogen-bond acceptors (Lipinski definition) is 4. The standard InChI is InChI=1S/C15H24N4OS/c1-12-2-4-13(5-3-12)17-14(20)18-7-9-19(10-8-18)15-16-6-11-21-15/h6,11-13H,2-5,7-10H2,1H3,(H,17,20). The van der Waals surface area contributed by atoms with Crippen molar-refractivity contribution >= 4 is 22.5 Å². The quantitative estimate of drug-likeness (QED) is 0.913. The van der Waals surface area contributed by atoms with Gasteiger partial charge in [0.15, 0.2) is 5.13 Å².